The molecule has 3 rings (SSSR count). The third-order valence-electron chi connectivity index (χ3n) is 3.51. The summed E-state index contributed by atoms with van der Waals surface area (Å²) in [4.78, 5) is 12.1. The Bertz CT molecular complexity index is 531. The summed E-state index contributed by atoms with van der Waals surface area (Å²) in [6, 6.07) is 12.5. The van der Waals surface area contributed by atoms with Crippen LogP contribution in [0, 0.1) is 5.92 Å². The molecule has 1 aliphatic rings. The monoisotopic (exact) mass is 271 g/mol. The molecule has 1 heterocycles. The van der Waals surface area contributed by atoms with Gasteiger partial charge >= 0.3 is 0 Å². The summed E-state index contributed by atoms with van der Waals surface area (Å²) in [5.41, 5.74) is 2.33. The van der Waals surface area contributed by atoms with Gasteiger partial charge in [0.05, 0.1) is 12.5 Å². The first-order valence-corrected chi connectivity index (χ1v) is 7.62. The first-order chi connectivity index (χ1) is 9.33. The van der Waals surface area contributed by atoms with E-state index < -0.39 is 0 Å². The van der Waals surface area contributed by atoms with Gasteiger partial charge in [-0.3, -0.25) is 4.79 Å². The van der Waals surface area contributed by atoms with Gasteiger partial charge in [-0.2, -0.15) is 11.3 Å². The molecule has 0 aliphatic heterocycles. The summed E-state index contributed by atoms with van der Waals surface area (Å²) >= 11 is 1.64. The average molecular weight is 271 g/mol. The van der Waals surface area contributed by atoms with Crippen LogP contribution in [0.1, 0.15) is 30.0 Å². The van der Waals surface area contributed by atoms with Crippen molar-refractivity contribution in [2.75, 3.05) is 0 Å². The Kier molecular flexibility index (Phi) is 3.65. The van der Waals surface area contributed by atoms with E-state index in [0.717, 1.165) is 5.56 Å². The molecule has 0 unspecified atom stereocenters. The summed E-state index contributed by atoms with van der Waals surface area (Å²) in [6.45, 7) is 0. The lowest BCUT2D eigenvalue weighted by Gasteiger charge is -2.18. The van der Waals surface area contributed by atoms with Gasteiger partial charge in [0.15, 0.2) is 0 Å². The van der Waals surface area contributed by atoms with Crippen LogP contribution in [-0.4, -0.2) is 5.91 Å². The lowest BCUT2D eigenvalue weighted by atomic mass is 10.0. The van der Waals surface area contributed by atoms with E-state index in [1.807, 2.05) is 35.0 Å². The smallest absolute Gasteiger partial charge is 0.224 e. The van der Waals surface area contributed by atoms with E-state index in [9.17, 15) is 4.79 Å². The maximum Gasteiger partial charge on any atom is 0.224 e. The van der Waals surface area contributed by atoms with Gasteiger partial charge < -0.3 is 5.32 Å². The Morgan fingerprint density at radius 1 is 1.26 bits per heavy atom. The van der Waals surface area contributed by atoms with Crippen LogP contribution in [0.5, 0.6) is 0 Å². The maximum atomic E-state index is 12.1. The van der Waals surface area contributed by atoms with Gasteiger partial charge in [-0.05, 0) is 46.7 Å². The van der Waals surface area contributed by atoms with Crippen molar-refractivity contribution in [2.24, 2.45) is 5.92 Å². The normalized spacial score (nSPS) is 16.0. The third kappa shape index (κ3) is 3.24. The highest BCUT2D eigenvalue weighted by Gasteiger charge is 2.33. The molecule has 1 fully saturated rings. The van der Waals surface area contributed by atoms with Crippen LogP contribution in [0.25, 0.3) is 0 Å². The fraction of sp³-hybridized carbons (Fsp3) is 0.312. The minimum Gasteiger partial charge on any atom is -0.349 e. The Morgan fingerprint density at radius 3 is 2.68 bits per heavy atom. The SMILES string of the molecule is O=C(Cc1ccsc1)N[C@@H](c1ccccc1)C1CC1. The average Bonchev–Trinajstić information content (AvgIpc) is 3.15. The van der Waals surface area contributed by atoms with Crippen LogP contribution in [0.4, 0.5) is 0 Å². The Hall–Kier alpha value is -1.61. The fourth-order valence-corrected chi connectivity index (χ4v) is 3.04. The van der Waals surface area contributed by atoms with Crippen molar-refractivity contribution < 1.29 is 4.79 Å². The molecule has 1 aromatic heterocycles. The molecule has 2 aromatic rings. The fourth-order valence-electron chi connectivity index (χ4n) is 2.37. The van der Waals surface area contributed by atoms with Crippen molar-refractivity contribution in [3.05, 3.63) is 58.3 Å². The van der Waals surface area contributed by atoms with E-state index >= 15 is 0 Å². The van der Waals surface area contributed by atoms with E-state index in [4.69, 9.17) is 0 Å². The lowest BCUT2D eigenvalue weighted by Crippen LogP contribution is -2.31. The van der Waals surface area contributed by atoms with Crippen LogP contribution >= 0.6 is 11.3 Å². The molecular formula is C16H17NOS. The predicted molar refractivity (Wildman–Crippen MR) is 78.1 cm³/mol. The number of amides is 1. The van der Waals surface area contributed by atoms with Crippen LogP contribution in [0.2, 0.25) is 0 Å². The van der Waals surface area contributed by atoms with Crippen LogP contribution < -0.4 is 5.32 Å². The molecule has 0 radical (unpaired) electrons. The van der Waals surface area contributed by atoms with Crippen molar-refractivity contribution >= 4 is 17.2 Å². The van der Waals surface area contributed by atoms with E-state index in [1.54, 1.807) is 11.3 Å². The number of hydrogen-bond acceptors (Lipinski definition) is 2. The van der Waals surface area contributed by atoms with E-state index in [0.29, 0.717) is 12.3 Å². The highest BCUT2D eigenvalue weighted by atomic mass is 32.1. The first-order valence-electron chi connectivity index (χ1n) is 6.68. The van der Waals surface area contributed by atoms with Crippen LogP contribution in [0.3, 0.4) is 0 Å². The molecule has 1 amide bonds. The number of carbonyl (C=O) groups excluding carboxylic acids is 1. The largest absolute Gasteiger partial charge is 0.349 e. The van der Waals surface area contributed by atoms with Crippen molar-refractivity contribution in [3.63, 3.8) is 0 Å². The summed E-state index contributed by atoms with van der Waals surface area (Å²) in [7, 11) is 0. The topological polar surface area (TPSA) is 29.1 Å². The highest BCUT2D eigenvalue weighted by molar-refractivity contribution is 7.07. The first kappa shape index (κ1) is 12.4. The number of hydrogen-bond donors (Lipinski definition) is 1. The summed E-state index contributed by atoms with van der Waals surface area (Å²) < 4.78 is 0. The summed E-state index contributed by atoms with van der Waals surface area (Å²) in [5, 5.41) is 7.25. The second-order valence-electron chi connectivity index (χ2n) is 5.10. The Balaban J connectivity index is 1.67. The summed E-state index contributed by atoms with van der Waals surface area (Å²) in [5.74, 6) is 0.743. The molecular weight excluding hydrogens is 254 g/mol. The Morgan fingerprint density at radius 2 is 2.05 bits per heavy atom. The third-order valence-corrected chi connectivity index (χ3v) is 4.25. The molecule has 2 nitrogen and oxygen atoms in total. The molecule has 1 aliphatic carbocycles. The van der Waals surface area contributed by atoms with Crippen molar-refractivity contribution in [3.8, 4) is 0 Å². The number of benzene rings is 1. The standard InChI is InChI=1S/C16H17NOS/c18-15(10-12-8-9-19-11-12)17-16(14-6-7-14)13-4-2-1-3-5-13/h1-5,8-9,11,14,16H,6-7,10H2,(H,17,18)/t16-/m0/s1. The van der Waals surface area contributed by atoms with E-state index in [1.165, 1.54) is 18.4 Å². The van der Waals surface area contributed by atoms with Crippen molar-refractivity contribution in [1.29, 1.82) is 0 Å². The van der Waals surface area contributed by atoms with Gasteiger partial charge in [0.25, 0.3) is 0 Å². The quantitative estimate of drug-likeness (QED) is 0.885. The van der Waals surface area contributed by atoms with E-state index in [-0.39, 0.29) is 11.9 Å². The number of nitrogens with one attached hydrogen (secondary N) is 1. The number of carbonyl (C=O) groups is 1. The van der Waals surface area contributed by atoms with Gasteiger partial charge in [-0.1, -0.05) is 30.3 Å². The van der Waals surface area contributed by atoms with E-state index in [2.05, 4.69) is 17.4 Å². The van der Waals surface area contributed by atoms with Crippen LogP contribution in [-0.2, 0) is 11.2 Å². The predicted octanol–water partition coefficient (Wildman–Crippen LogP) is 3.56. The zero-order valence-corrected chi connectivity index (χ0v) is 11.5. The van der Waals surface area contributed by atoms with Crippen molar-refractivity contribution in [1.82, 2.24) is 5.32 Å². The molecule has 0 bridgehead atoms. The zero-order valence-electron chi connectivity index (χ0n) is 10.7. The molecule has 98 valence electrons. The van der Waals surface area contributed by atoms with Gasteiger partial charge in [0, 0.05) is 0 Å². The summed E-state index contributed by atoms with van der Waals surface area (Å²) in [6.07, 6.45) is 2.93. The van der Waals surface area contributed by atoms with Gasteiger partial charge in [-0.25, -0.2) is 0 Å². The number of thiophene rings is 1. The molecule has 19 heavy (non-hydrogen) atoms. The minimum atomic E-state index is 0.124. The molecule has 1 saturated carbocycles. The molecule has 1 N–H and O–H groups in total. The molecule has 1 aromatic carbocycles. The molecule has 0 saturated heterocycles. The molecule has 0 spiro atoms. The van der Waals surface area contributed by atoms with Gasteiger partial charge in [0.1, 0.15) is 0 Å². The molecule has 3 heteroatoms. The van der Waals surface area contributed by atoms with Crippen LogP contribution in [0.15, 0.2) is 47.2 Å². The Labute approximate surface area is 117 Å². The minimum absolute atomic E-state index is 0.124. The second-order valence-corrected chi connectivity index (χ2v) is 5.88. The van der Waals surface area contributed by atoms with Crippen molar-refractivity contribution in [2.45, 2.75) is 25.3 Å². The second kappa shape index (κ2) is 5.57. The maximum absolute atomic E-state index is 12.1. The number of rotatable bonds is 5. The highest BCUT2D eigenvalue weighted by Crippen LogP contribution is 2.40. The molecule has 1 atom stereocenters. The van der Waals surface area contributed by atoms with Gasteiger partial charge in [-0.15, -0.1) is 0 Å². The van der Waals surface area contributed by atoms with Gasteiger partial charge in [0.2, 0.25) is 5.91 Å². The lowest BCUT2D eigenvalue weighted by molar-refractivity contribution is -0.121. The zero-order chi connectivity index (χ0) is 13.1.